The molecule has 26 heavy (non-hydrogen) atoms. The van der Waals surface area contributed by atoms with Crippen LogP contribution in [-0.2, 0) is 12.8 Å². The van der Waals surface area contributed by atoms with Gasteiger partial charge in [-0.1, -0.05) is 31.0 Å². The van der Waals surface area contributed by atoms with E-state index in [9.17, 15) is 10.1 Å². The Labute approximate surface area is 158 Å². The maximum atomic E-state index is 12.4. The van der Waals surface area contributed by atoms with Crippen molar-refractivity contribution < 1.29 is 4.79 Å². The van der Waals surface area contributed by atoms with Crippen LogP contribution in [0, 0.1) is 18.3 Å². The number of urea groups is 1. The topological polar surface area (TPSA) is 81.0 Å². The van der Waals surface area contributed by atoms with Crippen molar-refractivity contribution in [3.63, 3.8) is 0 Å². The summed E-state index contributed by atoms with van der Waals surface area (Å²) in [5, 5.41) is 10.5. The van der Waals surface area contributed by atoms with Crippen LogP contribution in [0.3, 0.4) is 0 Å². The molecule has 138 valence electrons. The third-order valence-electron chi connectivity index (χ3n) is 5.81. The first-order valence-electron chi connectivity index (χ1n) is 9.62. The van der Waals surface area contributed by atoms with Crippen LogP contribution in [0.1, 0.15) is 67.3 Å². The highest BCUT2D eigenvalue weighted by atomic mass is 32.2. The summed E-state index contributed by atoms with van der Waals surface area (Å²) in [5.74, 6) is 0. The second-order valence-corrected chi connectivity index (χ2v) is 8.47. The van der Waals surface area contributed by atoms with Gasteiger partial charge < -0.3 is 0 Å². The number of pyridine rings is 1. The fourth-order valence-electron chi connectivity index (χ4n) is 4.40. The molecule has 1 aromatic heterocycles. The zero-order chi connectivity index (χ0) is 18.1. The van der Waals surface area contributed by atoms with E-state index in [0.29, 0.717) is 5.56 Å². The first kappa shape index (κ1) is 17.6. The number of fused-ring (bicyclic) bond motifs is 1. The second kappa shape index (κ2) is 7.45. The van der Waals surface area contributed by atoms with E-state index in [-0.39, 0.29) is 17.6 Å². The van der Waals surface area contributed by atoms with Crippen molar-refractivity contribution in [2.24, 2.45) is 0 Å². The minimum atomic E-state index is -0.216. The number of hydrogen-bond acceptors (Lipinski definition) is 5. The maximum absolute atomic E-state index is 12.4. The SMILES string of the molecule is Cc1c(C#N)c(SC2NNC(=O)N2C2CCCCC2)nc2c1CCCC2. The molecule has 2 amide bonds. The molecule has 0 radical (unpaired) electrons. The van der Waals surface area contributed by atoms with Crippen molar-refractivity contribution in [2.75, 3.05) is 0 Å². The lowest BCUT2D eigenvalue weighted by molar-refractivity contribution is 0.171. The first-order valence-corrected chi connectivity index (χ1v) is 10.5. The van der Waals surface area contributed by atoms with Gasteiger partial charge in [0.05, 0.1) is 5.56 Å². The van der Waals surface area contributed by atoms with Gasteiger partial charge in [-0.05, 0) is 56.6 Å². The fourth-order valence-corrected chi connectivity index (χ4v) is 5.59. The van der Waals surface area contributed by atoms with Crippen molar-refractivity contribution in [2.45, 2.75) is 81.3 Å². The number of hydrogen-bond donors (Lipinski definition) is 2. The van der Waals surface area contributed by atoms with Gasteiger partial charge in [-0.15, -0.1) is 0 Å². The number of aryl methyl sites for hydroxylation is 1. The number of nitrogens with one attached hydrogen (secondary N) is 2. The second-order valence-electron chi connectivity index (χ2n) is 7.40. The Morgan fingerprint density at radius 3 is 2.73 bits per heavy atom. The minimum absolute atomic E-state index is 0.0670. The standard InChI is InChI=1S/C19H25N5OS/c1-12-14-9-5-6-10-16(14)21-17(15(12)11-20)26-19-23-22-18(25)24(19)13-7-3-2-4-8-13/h13,19,23H,2-10H2,1H3,(H,22,25). The molecule has 7 heteroatoms. The van der Waals surface area contributed by atoms with Gasteiger partial charge in [0, 0.05) is 11.7 Å². The van der Waals surface area contributed by atoms with E-state index in [1.165, 1.54) is 43.0 Å². The first-order chi connectivity index (χ1) is 12.7. The van der Waals surface area contributed by atoms with Crippen molar-refractivity contribution in [3.8, 4) is 6.07 Å². The molecule has 2 fully saturated rings. The Bertz CT molecular complexity index is 753. The summed E-state index contributed by atoms with van der Waals surface area (Å²) < 4.78 is 0. The van der Waals surface area contributed by atoms with Gasteiger partial charge in [-0.2, -0.15) is 5.26 Å². The molecule has 0 bridgehead atoms. The van der Waals surface area contributed by atoms with E-state index in [2.05, 4.69) is 16.9 Å². The van der Waals surface area contributed by atoms with Crippen molar-refractivity contribution in [3.05, 3.63) is 22.4 Å². The molecule has 1 aromatic rings. The molecule has 1 unspecified atom stereocenters. The van der Waals surface area contributed by atoms with Crippen LogP contribution in [0.25, 0.3) is 0 Å². The zero-order valence-electron chi connectivity index (χ0n) is 15.2. The third kappa shape index (κ3) is 3.17. The van der Waals surface area contributed by atoms with Crippen molar-refractivity contribution in [1.82, 2.24) is 20.7 Å². The molecular formula is C19H25N5OS. The Morgan fingerprint density at radius 1 is 1.19 bits per heavy atom. The summed E-state index contributed by atoms with van der Waals surface area (Å²) in [5.41, 5.74) is 9.77. The number of amides is 2. The number of nitrogens with zero attached hydrogens (tertiary/aromatic N) is 3. The Balaban J connectivity index is 1.62. The maximum Gasteiger partial charge on any atom is 0.334 e. The molecule has 1 saturated carbocycles. The number of hydrazine groups is 1. The molecule has 3 aliphatic rings. The van der Waals surface area contributed by atoms with E-state index in [1.54, 1.807) is 0 Å². The summed E-state index contributed by atoms with van der Waals surface area (Å²) in [6.07, 6.45) is 10.0. The van der Waals surface area contributed by atoms with Gasteiger partial charge in [0.2, 0.25) is 0 Å². The van der Waals surface area contributed by atoms with Gasteiger partial charge in [-0.3, -0.25) is 10.3 Å². The monoisotopic (exact) mass is 371 g/mol. The van der Waals surface area contributed by atoms with Crippen LogP contribution < -0.4 is 10.9 Å². The Morgan fingerprint density at radius 2 is 1.96 bits per heavy atom. The highest BCUT2D eigenvalue weighted by Gasteiger charge is 2.38. The largest absolute Gasteiger partial charge is 0.334 e. The third-order valence-corrected chi connectivity index (χ3v) is 6.90. The normalized spacial score (nSPS) is 23.5. The molecule has 0 aromatic carbocycles. The minimum Gasteiger partial charge on any atom is -0.294 e. The van der Waals surface area contributed by atoms with Gasteiger partial charge >= 0.3 is 6.03 Å². The number of aromatic nitrogens is 1. The summed E-state index contributed by atoms with van der Waals surface area (Å²) in [6.45, 7) is 2.04. The number of carbonyl (C=O) groups excluding carboxylic acids is 1. The molecule has 0 spiro atoms. The predicted octanol–water partition coefficient (Wildman–Crippen LogP) is 3.38. The summed E-state index contributed by atoms with van der Waals surface area (Å²) >= 11 is 1.49. The molecule has 4 rings (SSSR count). The highest BCUT2D eigenvalue weighted by Crippen LogP contribution is 2.36. The van der Waals surface area contributed by atoms with Crippen LogP contribution in [-0.4, -0.2) is 27.5 Å². The van der Waals surface area contributed by atoms with E-state index in [0.717, 1.165) is 48.4 Å². The highest BCUT2D eigenvalue weighted by molar-refractivity contribution is 7.99. The van der Waals surface area contributed by atoms with Crippen LogP contribution in [0.15, 0.2) is 5.03 Å². The average molecular weight is 372 g/mol. The van der Waals surface area contributed by atoms with Crippen LogP contribution in [0.2, 0.25) is 0 Å². The van der Waals surface area contributed by atoms with E-state index in [4.69, 9.17) is 4.98 Å². The lowest BCUT2D eigenvalue weighted by Gasteiger charge is -2.33. The van der Waals surface area contributed by atoms with E-state index in [1.807, 2.05) is 11.8 Å². The molecule has 1 aliphatic heterocycles. The lowest BCUT2D eigenvalue weighted by atomic mass is 9.91. The van der Waals surface area contributed by atoms with E-state index >= 15 is 0 Å². The van der Waals surface area contributed by atoms with Gasteiger partial charge in [-0.25, -0.2) is 15.2 Å². The number of rotatable bonds is 3. The molecule has 2 heterocycles. The van der Waals surface area contributed by atoms with Crippen LogP contribution in [0.5, 0.6) is 0 Å². The molecule has 2 aliphatic carbocycles. The number of thioether (sulfide) groups is 1. The zero-order valence-corrected chi connectivity index (χ0v) is 16.0. The van der Waals surface area contributed by atoms with Crippen molar-refractivity contribution >= 4 is 17.8 Å². The molecule has 1 atom stereocenters. The van der Waals surface area contributed by atoms with Gasteiger partial charge in [0.15, 0.2) is 5.50 Å². The van der Waals surface area contributed by atoms with Crippen LogP contribution >= 0.6 is 11.8 Å². The predicted molar refractivity (Wildman–Crippen MR) is 100 cm³/mol. The summed E-state index contributed by atoms with van der Waals surface area (Å²) in [7, 11) is 0. The lowest BCUT2D eigenvalue weighted by Crippen LogP contribution is -2.43. The fraction of sp³-hybridized carbons (Fsp3) is 0.632. The molecule has 6 nitrogen and oxygen atoms in total. The number of carbonyl (C=O) groups is 1. The van der Waals surface area contributed by atoms with Crippen LogP contribution in [0.4, 0.5) is 4.79 Å². The van der Waals surface area contributed by atoms with Crippen molar-refractivity contribution in [1.29, 1.82) is 5.26 Å². The van der Waals surface area contributed by atoms with Gasteiger partial charge in [0.25, 0.3) is 0 Å². The number of nitriles is 1. The summed E-state index contributed by atoms with van der Waals surface area (Å²) in [6, 6.07) is 2.56. The molecule has 1 saturated heterocycles. The van der Waals surface area contributed by atoms with Gasteiger partial charge in [0.1, 0.15) is 11.1 Å². The molecular weight excluding hydrogens is 346 g/mol. The smallest absolute Gasteiger partial charge is 0.294 e. The Hall–Kier alpha value is -1.78. The summed E-state index contributed by atoms with van der Waals surface area (Å²) in [4.78, 5) is 19.1. The quantitative estimate of drug-likeness (QED) is 0.851. The molecule has 2 N–H and O–H groups in total. The Kier molecular flexibility index (Phi) is 5.05. The van der Waals surface area contributed by atoms with E-state index < -0.39 is 0 Å². The average Bonchev–Trinajstić information content (AvgIpc) is 3.03.